The van der Waals surface area contributed by atoms with Crippen molar-refractivity contribution in [2.24, 2.45) is 24.1 Å². The predicted molar refractivity (Wildman–Crippen MR) is 254 cm³/mol. The molecule has 2 aromatic rings. The Morgan fingerprint density at radius 3 is 2.21 bits per heavy atom. The van der Waals surface area contributed by atoms with Crippen molar-refractivity contribution in [3.05, 3.63) is 47.7 Å². The summed E-state index contributed by atoms with van der Waals surface area (Å²) in [6.45, 7) is 15.4. The van der Waals surface area contributed by atoms with Gasteiger partial charge in [0.25, 0.3) is 0 Å². The molecular formula is C47H72N8O10S. The fraction of sp³-hybridized carbons (Fsp3) is 0.617. The minimum Gasteiger partial charge on any atom is -0.480 e. The van der Waals surface area contributed by atoms with Crippen LogP contribution in [0.1, 0.15) is 99.5 Å². The number of hydrogen-bond acceptors (Lipinski definition) is 11. The number of rotatable bonds is 25. The van der Waals surface area contributed by atoms with Gasteiger partial charge in [0.1, 0.15) is 18.1 Å². The standard InChI is InChI=1S/C47H72N8O10S/c1-27(2)34(54(11)43(61)39(46(4,5)6)52-41(59)38(49-9)47(7,8)30-25-53(10)33-19-13-12-17-29(30)33)23-28(3)40(58)50-21-15-14-18-32(45(64)65)51-36(56)20-16-22-55-37(57)24-35(42(55)60)66-26-31(48)44(62)63/h12-13,17,19,23,25,27,31-32,34-35,38-39,49H,14-16,18,20-22,24,26,48H2,1-11H3,(H,50,58)(H,51,56)(H,52,59)(H,62,63)(H,64,65)/b28-23+/t31-,32+,34+,35?,38+,39+/m0/s1. The summed E-state index contributed by atoms with van der Waals surface area (Å²) in [6.07, 6.45) is 4.53. The van der Waals surface area contributed by atoms with E-state index in [1.165, 1.54) is 0 Å². The third-order valence-corrected chi connectivity index (χ3v) is 13.5. The molecular weight excluding hydrogens is 869 g/mol. The second-order valence-electron chi connectivity index (χ2n) is 19.1. The number of carbonyl (C=O) groups excluding carboxylic acids is 6. The van der Waals surface area contributed by atoms with Crippen molar-refractivity contribution in [1.29, 1.82) is 0 Å². The van der Waals surface area contributed by atoms with Crippen molar-refractivity contribution in [1.82, 2.24) is 35.6 Å². The number of nitrogens with two attached hydrogens (primary N) is 1. The number of likely N-dealkylation sites (tertiary alicyclic amines) is 1. The average molecular weight is 941 g/mol. The molecule has 1 aliphatic heterocycles. The van der Waals surface area contributed by atoms with E-state index in [-0.39, 0.29) is 68.2 Å². The van der Waals surface area contributed by atoms with E-state index in [0.717, 1.165) is 33.1 Å². The number of hydrogen-bond donors (Lipinski definition) is 7. The highest BCUT2D eigenvalue weighted by atomic mass is 32.2. The molecule has 1 unspecified atom stereocenters. The Bertz CT molecular complexity index is 2130. The molecule has 0 saturated carbocycles. The molecule has 0 spiro atoms. The molecule has 1 saturated heterocycles. The lowest BCUT2D eigenvalue weighted by Gasteiger charge is -2.39. The first-order chi connectivity index (χ1) is 30.7. The van der Waals surface area contributed by atoms with Gasteiger partial charge in [0.05, 0.1) is 17.3 Å². The molecule has 1 aromatic carbocycles. The van der Waals surface area contributed by atoms with Gasteiger partial charge in [-0.1, -0.05) is 72.7 Å². The van der Waals surface area contributed by atoms with E-state index in [0.29, 0.717) is 18.4 Å². The van der Waals surface area contributed by atoms with Crippen LogP contribution >= 0.6 is 11.8 Å². The van der Waals surface area contributed by atoms with Gasteiger partial charge in [-0.2, -0.15) is 0 Å². The molecule has 0 aliphatic carbocycles. The minimum absolute atomic E-state index is 0.0381. The number of likely N-dealkylation sites (N-methyl/N-ethyl adjacent to an activating group) is 2. The van der Waals surface area contributed by atoms with Gasteiger partial charge in [0, 0.05) is 73.9 Å². The number of nitrogens with zero attached hydrogens (tertiary/aromatic N) is 3. The largest absolute Gasteiger partial charge is 0.480 e. The van der Waals surface area contributed by atoms with Gasteiger partial charge in [-0.25, -0.2) is 4.79 Å². The summed E-state index contributed by atoms with van der Waals surface area (Å²) < 4.78 is 2.04. The van der Waals surface area contributed by atoms with Crippen molar-refractivity contribution in [2.75, 3.05) is 32.9 Å². The maximum Gasteiger partial charge on any atom is 0.326 e. The number of amides is 6. The number of aromatic nitrogens is 1. The van der Waals surface area contributed by atoms with E-state index in [1.54, 1.807) is 32.0 Å². The van der Waals surface area contributed by atoms with E-state index in [1.807, 2.05) is 90.5 Å². The van der Waals surface area contributed by atoms with Crippen LogP contribution in [-0.4, -0.2) is 140 Å². The molecule has 6 amide bonds. The average Bonchev–Trinajstić information content (AvgIpc) is 3.72. The normalized spacial score (nSPS) is 17.0. The molecule has 2 heterocycles. The molecule has 6 atom stereocenters. The van der Waals surface area contributed by atoms with Crippen LogP contribution in [0.15, 0.2) is 42.1 Å². The molecule has 1 aromatic heterocycles. The van der Waals surface area contributed by atoms with Crippen molar-refractivity contribution in [2.45, 2.75) is 135 Å². The Balaban J connectivity index is 1.54. The number of fused-ring (bicyclic) bond motifs is 1. The number of benzene rings is 1. The number of para-hydroxylation sites is 1. The van der Waals surface area contributed by atoms with E-state index >= 15 is 0 Å². The molecule has 3 rings (SSSR count). The maximum atomic E-state index is 14.4. The fourth-order valence-electron chi connectivity index (χ4n) is 8.18. The predicted octanol–water partition coefficient (Wildman–Crippen LogP) is 2.91. The van der Waals surface area contributed by atoms with E-state index in [4.69, 9.17) is 10.8 Å². The quantitative estimate of drug-likeness (QED) is 0.0430. The summed E-state index contributed by atoms with van der Waals surface area (Å²) in [7, 11) is 5.38. The minimum atomic E-state index is -1.23. The zero-order valence-corrected chi connectivity index (χ0v) is 41.2. The number of carbonyl (C=O) groups is 8. The number of aryl methyl sites for hydroxylation is 1. The lowest BCUT2D eigenvalue weighted by Crippen LogP contribution is -2.61. The van der Waals surface area contributed by atoms with Gasteiger partial charge in [-0.15, -0.1) is 11.8 Å². The van der Waals surface area contributed by atoms with Gasteiger partial charge in [0.15, 0.2) is 0 Å². The Labute approximate surface area is 392 Å². The highest BCUT2D eigenvalue weighted by Crippen LogP contribution is 2.35. The van der Waals surface area contributed by atoms with Gasteiger partial charge >= 0.3 is 11.9 Å². The Kier molecular flexibility index (Phi) is 20.0. The first-order valence-corrected chi connectivity index (χ1v) is 23.5. The Morgan fingerprint density at radius 2 is 1.62 bits per heavy atom. The van der Waals surface area contributed by atoms with Gasteiger partial charge in [0.2, 0.25) is 35.4 Å². The van der Waals surface area contributed by atoms with E-state index < -0.39 is 75.9 Å². The summed E-state index contributed by atoms with van der Waals surface area (Å²) in [6, 6.07) is 3.57. The van der Waals surface area contributed by atoms with Crippen LogP contribution in [0.4, 0.5) is 0 Å². The molecule has 66 heavy (non-hydrogen) atoms. The fourth-order valence-corrected chi connectivity index (χ4v) is 9.30. The van der Waals surface area contributed by atoms with E-state index in [9.17, 15) is 43.5 Å². The van der Waals surface area contributed by atoms with Crippen molar-refractivity contribution in [3.63, 3.8) is 0 Å². The Hall–Kier alpha value is -5.27. The number of carboxylic acid groups (broad SMARTS) is 2. The second-order valence-corrected chi connectivity index (χ2v) is 20.4. The highest BCUT2D eigenvalue weighted by Gasteiger charge is 2.43. The summed E-state index contributed by atoms with van der Waals surface area (Å²) in [5, 5.41) is 30.6. The van der Waals surface area contributed by atoms with Crippen molar-refractivity contribution < 1.29 is 48.6 Å². The van der Waals surface area contributed by atoms with Crippen LogP contribution in [0.3, 0.4) is 0 Å². The summed E-state index contributed by atoms with van der Waals surface area (Å²) in [4.78, 5) is 105. The molecule has 19 heteroatoms. The van der Waals surface area contributed by atoms with Crippen LogP contribution in [0.2, 0.25) is 0 Å². The zero-order valence-electron chi connectivity index (χ0n) is 40.4. The third-order valence-electron chi connectivity index (χ3n) is 12.1. The summed E-state index contributed by atoms with van der Waals surface area (Å²) in [5.41, 5.74) is 6.57. The van der Waals surface area contributed by atoms with E-state index in [2.05, 4.69) is 21.3 Å². The number of aliphatic carboxylic acids is 2. The molecule has 1 aliphatic rings. The number of nitrogens with one attached hydrogen (secondary N) is 4. The highest BCUT2D eigenvalue weighted by molar-refractivity contribution is 8.00. The molecule has 0 bridgehead atoms. The number of thioether (sulfide) groups is 1. The maximum absolute atomic E-state index is 14.4. The van der Waals surface area contributed by atoms with Gasteiger partial charge in [-0.3, -0.25) is 38.5 Å². The monoisotopic (exact) mass is 941 g/mol. The number of unbranched alkanes of at least 4 members (excludes halogenated alkanes) is 1. The van der Waals surface area contributed by atoms with Crippen LogP contribution < -0.4 is 27.0 Å². The van der Waals surface area contributed by atoms with Crippen LogP contribution in [0.25, 0.3) is 10.9 Å². The SMILES string of the molecule is CN[C@H](C(=O)N[C@H](C(=O)N(C)[C@H](/C=C(\C)C(=O)NCCCC[C@@H](NC(=O)CCCN1C(=O)CC(SC[C@H](N)C(=O)O)C1=O)C(=O)O)C(C)C)C(C)(C)C)C(C)(C)c1cn(C)c2ccccc12. The number of carboxylic acids is 2. The summed E-state index contributed by atoms with van der Waals surface area (Å²) >= 11 is 0.997. The molecule has 0 radical (unpaired) electrons. The summed E-state index contributed by atoms with van der Waals surface area (Å²) in [5.74, 6) is -5.04. The molecule has 18 nitrogen and oxygen atoms in total. The van der Waals surface area contributed by atoms with Crippen LogP contribution in [0, 0.1) is 11.3 Å². The Morgan fingerprint density at radius 1 is 0.970 bits per heavy atom. The zero-order chi connectivity index (χ0) is 49.8. The number of imide groups is 1. The smallest absolute Gasteiger partial charge is 0.326 e. The first kappa shape index (κ1) is 55.1. The second kappa shape index (κ2) is 24.0. The third kappa shape index (κ3) is 14.4. The van der Waals surface area contributed by atoms with Gasteiger partial charge in [-0.05, 0) is 62.6 Å². The topological polar surface area (TPSA) is 263 Å². The first-order valence-electron chi connectivity index (χ1n) is 22.5. The lowest BCUT2D eigenvalue weighted by atomic mass is 9.76. The van der Waals surface area contributed by atoms with Crippen molar-refractivity contribution >= 4 is 70.0 Å². The molecule has 8 N–H and O–H groups in total. The molecule has 366 valence electrons. The van der Waals surface area contributed by atoms with Crippen LogP contribution in [-0.2, 0) is 50.8 Å². The van der Waals surface area contributed by atoms with Crippen LogP contribution in [0.5, 0.6) is 0 Å². The lowest BCUT2D eigenvalue weighted by molar-refractivity contribution is -0.142. The van der Waals surface area contributed by atoms with Crippen molar-refractivity contribution in [3.8, 4) is 0 Å². The van der Waals surface area contributed by atoms with Gasteiger partial charge < -0.3 is 46.7 Å². The molecule has 1 fully saturated rings.